The van der Waals surface area contributed by atoms with Crippen LogP contribution in [0.5, 0.6) is 0 Å². The molecule has 2 aromatic carbocycles. The van der Waals surface area contributed by atoms with Crippen molar-refractivity contribution in [3.63, 3.8) is 0 Å². The molecular formula is C21H24N4O2. The van der Waals surface area contributed by atoms with E-state index in [0.717, 1.165) is 48.3 Å². The molecule has 3 aromatic rings. The van der Waals surface area contributed by atoms with Crippen LogP contribution in [0.2, 0.25) is 0 Å². The maximum absolute atomic E-state index is 12.9. The molecule has 6 heteroatoms. The van der Waals surface area contributed by atoms with Crippen LogP contribution in [-0.2, 0) is 9.53 Å². The van der Waals surface area contributed by atoms with Crippen LogP contribution in [0.4, 0.5) is 5.69 Å². The third-order valence-corrected chi connectivity index (χ3v) is 5.32. The standard InChI is InChI=1S/C21H24N4O2/c1-27-14-21(10-12-22-13-11-21)20(26)24-16-6-8-17(9-7-16)25-15-23-18-4-2-3-5-19(18)25/h2-9,15,22H,10-14H2,1H3,(H,24,26). The van der Waals surface area contributed by atoms with Crippen LogP contribution in [0, 0.1) is 5.41 Å². The number of hydrogen-bond donors (Lipinski definition) is 2. The van der Waals surface area contributed by atoms with E-state index in [-0.39, 0.29) is 5.91 Å². The summed E-state index contributed by atoms with van der Waals surface area (Å²) in [6.45, 7) is 2.12. The Morgan fingerprint density at radius 3 is 2.67 bits per heavy atom. The van der Waals surface area contributed by atoms with Crippen LogP contribution in [0.15, 0.2) is 54.9 Å². The Hall–Kier alpha value is -2.70. The van der Waals surface area contributed by atoms with Crippen molar-refractivity contribution < 1.29 is 9.53 Å². The summed E-state index contributed by atoms with van der Waals surface area (Å²) in [4.78, 5) is 17.4. The number of carbonyl (C=O) groups excluding carboxylic acids is 1. The van der Waals surface area contributed by atoms with E-state index in [1.165, 1.54) is 0 Å². The van der Waals surface area contributed by atoms with E-state index in [4.69, 9.17) is 4.74 Å². The predicted molar refractivity (Wildman–Crippen MR) is 106 cm³/mol. The Kier molecular flexibility index (Phi) is 4.92. The summed E-state index contributed by atoms with van der Waals surface area (Å²) in [5, 5.41) is 6.39. The van der Waals surface area contributed by atoms with Crippen LogP contribution in [0.3, 0.4) is 0 Å². The minimum atomic E-state index is -0.459. The molecular weight excluding hydrogens is 340 g/mol. The summed E-state index contributed by atoms with van der Waals surface area (Å²) in [5.74, 6) is 0.0340. The van der Waals surface area contributed by atoms with Crippen molar-refractivity contribution in [2.75, 3.05) is 32.1 Å². The molecule has 1 amide bonds. The van der Waals surface area contributed by atoms with Crippen molar-refractivity contribution in [1.82, 2.24) is 14.9 Å². The highest BCUT2D eigenvalue weighted by atomic mass is 16.5. The highest BCUT2D eigenvalue weighted by molar-refractivity contribution is 5.95. The van der Waals surface area contributed by atoms with E-state index in [1.54, 1.807) is 7.11 Å². The van der Waals surface area contributed by atoms with E-state index in [1.807, 2.05) is 59.4 Å². The monoisotopic (exact) mass is 364 g/mol. The van der Waals surface area contributed by atoms with E-state index < -0.39 is 5.41 Å². The largest absolute Gasteiger partial charge is 0.384 e. The van der Waals surface area contributed by atoms with Gasteiger partial charge < -0.3 is 15.4 Å². The number of benzene rings is 2. The molecule has 0 unspecified atom stereocenters. The Morgan fingerprint density at radius 1 is 1.19 bits per heavy atom. The van der Waals surface area contributed by atoms with Crippen LogP contribution in [0.1, 0.15) is 12.8 Å². The van der Waals surface area contributed by atoms with Gasteiger partial charge in [-0.15, -0.1) is 0 Å². The average Bonchev–Trinajstić information content (AvgIpc) is 3.14. The zero-order valence-electron chi connectivity index (χ0n) is 15.4. The highest BCUT2D eigenvalue weighted by Gasteiger charge is 2.39. The molecule has 2 N–H and O–H groups in total. The van der Waals surface area contributed by atoms with Gasteiger partial charge in [-0.3, -0.25) is 9.36 Å². The van der Waals surface area contributed by atoms with Gasteiger partial charge in [-0.2, -0.15) is 0 Å². The zero-order chi connectivity index (χ0) is 18.7. The summed E-state index contributed by atoms with van der Waals surface area (Å²) in [6, 6.07) is 15.9. The maximum Gasteiger partial charge on any atom is 0.233 e. The van der Waals surface area contributed by atoms with Crippen LogP contribution >= 0.6 is 0 Å². The van der Waals surface area contributed by atoms with Crippen LogP contribution < -0.4 is 10.6 Å². The predicted octanol–water partition coefficient (Wildman–Crippen LogP) is 2.98. The van der Waals surface area contributed by atoms with Gasteiger partial charge in [0.15, 0.2) is 0 Å². The molecule has 0 atom stereocenters. The van der Waals surface area contributed by atoms with Gasteiger partial charge in [0.25, 0.3) is 0 Å². The molecule has 2 heterocycles. The molecule has 1 saturated heterocycles. The lowest BCUT2D eigenvalue weighted by Gasteiger charge is -2.35. The van der Waals surface area contributed by atoms with E-state index in [9.17, 15) is 4.79 Å². The Morgan fingerprint density at radius 2 is 1.93 bits per heavy atom. The lowest BCUT2D eigenvalue weighted by Crippen LogP contribution is -2.47. The van der Waals surface area contributed by atoms with E-state index in [0.29, 0.717) is 6.61 Å². The fourth-order valence-electron chi connectivity index (χ4n) is 3.75. The number of hydrogen-bond acceptors (Lipinski definition) is 4. The number of rotatable bonds is 5. The lowest BCUT2D eigenvalue weighted by molar-refractivity contribution is -0.130. The number of para-hydroxylation sites is 2. The van der Waals surface area contributed by atoms with Crippen molar-refractivity contribution in [1.29, 1.82) is 0 Å². The van der Waals surface area contributed by atoms with Gasteiger partial charge in [-0.25, -0.2) is 4.98 Å². The molecule has 1 aliphatic heterocycles. The fraction of sp³-hybridized carbons (Fsp3) is 0.333. The maximum atomic E-state index is 12.9. The SMILES string of the molecule is COCC1(C(=O)Nc2ccc(-n3cnc4ccccc43)cc2)CCNCC1. The third kappa shape index (κ3) is 3.46. The van der Waals surface area contributed by atoms with E-state index in [2.05, 4.69) is 15.6 Å². The van der Waals surface area contributed by atoms with Crippen LogP contribution in [0.25, 0.3) is 16.7 Å². The molecule has 1 aromatic heterocycles. The highest BCUT2D eigenvalue weighted by Crippen LogP contribution is 2.31. The molecule has 1 fully saturated rings. The van der Waals surface area contributed by atoms with Crippen molar-refractivity contribution in [3.8, 4) is 5.69 Å². The normalized spacial score (nSPS) is 16.3. The second-order valence-electron chi connectivity index (χ2n) is 7.07. The molecule has 0 aliphatic carbocycles. The van der Waals surface area contributed by atoms with Gasteiger partial charge in [0.05, 0.1) is 23.1 Å². The minimum absolute atomic E-state index is 0.0340. The van der Waals surface area contributed by atoms with Crippen molar-refractivity contribution in [2.24, 2.45) is 5.41 Å². The summed E-state index contributed by atoms with van der Waals surface area (Å²) < 4.78 is 7.40. The van der Waals surface area contributed by atoms with Gasteiger partial charge in [-0.1, -0.05) is 12.1 Å². The van der Waals surface area contributed by atoms with Crippen molar-refractivity contribution >= 4 is 22.6 Å². The summed E-state index contributed by atoms with van der Waals surface area (Å²) in [7, 11) is 1.65. The van der Waals surface area contributed by atoms with Crippen molar-refractivity contribution in [2.45, 2.75) is 12.8 Å². The van der Waals surface area contributed by atoms with Crippen molar-refractivity contribution in [3.05, 3.63) is 54.9 Å². The zero-order valence-corrected chi connectivity index (χ0v) is 15.4. The number of carbonyl (C=O) groups is 1. The molecule has 1 aliphatic rings. The number of methoxy groups -OCH3 is 1. The van der Waals surface area contributed by atoms with E-state index >= 15 is 0 Å². The number of anilines is 1. The smallest absolute Gasteiger partial charge is 0.233 e. The first-order valence-electron chi connectivity index (χ1n) is 9.25. The van der Waals surface area contributed by atoms with Crippen LogP contribution in [-0.4, -0.2) is 42.3 Å². The number of nitrogens with one attached hydrogen (secondary N) is 2. The number of imidazole rings is 1. The first-order valence-corrected chi connectivity index (χ1v) is 9.25. The quantitative estimate of drug-likeness (QED) is 0.730. The Balaban J connectivity index is 1.53. The Bertz CT molecular complexity index is 921. The number of piperidine rings is 1. The Labute approximate surface area is 158 Å². The van der Waals surface area contributed by atoms with Gasteiger partial charge in [0.2, 0.25) is 5.91 Å². The van der Waals surface area contributed by atoms with Gasteiger partial charge in [0, 0.05) is 18.5 Å². The third-order valence-electron chi connectivity index (χ3n) is 5.32. The number of amides is 1. The number of fused-ring (bicyclic) bond motifs is 1. The van der Waals surface area contributed by atoms with Gasteiger partial charge >= 0.3 is 0 Å². The summed E-state index contributed by atoms with van der Waals surface area (Å²) in [5.41, 5.74) is 3.36. The minimum Gasteiger partial charge on any atom is -0.384 e. The molecule has 27 heavy (non-hydrogen) atoms. The average molecular weight is 364 g/mol. The first kappa shape index (κ1) is 17.7. The second kappa shape index (κ2) is 7.50. The molecule has 0 bridgehead atoms. The molecule has 0 saturated carbocycles. The molecule has 4 rings (SSSR count). The molecule has 0 spiro atoms. The van der Waals surface area contributed by atoms with Gasteiger partial charge in [0.1, 0.15) is 6.33 Å². The number of ether oxygens (including phenoxy) is 1. The fourth-order valence-corrected chi connectivity index (χ4v) is 3.75. The lowest BCUT2D eigenvalue weighted by atomic mass is 9.78. The molecule has 6 nitrogen and oxygen atoms in total. The number of aromatic nitrogens is 2. The molecule has 140 valence electrons. The molecule has 0 radical (unpaired) electrons. The topological polar surface area (TPSA) is 68.2 Å². The first-order chi connectivity index (χ1) is 13.2. The second-order valence-corrected chi connectivity index (χ2v) is 7.07. The number of nitrogens with zero attached hydrogens (tertiary/aromatic N) is 2. The van der Waals surface area contributed by atoms with Gasteiger partial charge in [-0.05, 0) is 62.3 Å². The summed E-state index contributed by atoms with van der Waals surface area (Å²) in [6.07, 6.45) is 3.39. The summed E-state index contributed by atoms with van der Waals surface area (Å²) >= 11 is 0.